The average molecular weight is 421 g/mol. The van der Waals surface area contributed by atoms with Gasteiger partial charge in [-0.25, -0.2) is 0 Å². The molecule has 0 spiro atoms. The standard InChI is InChI=1S/C18H17BrN2O3S/c19-13-3-1-12(2-4-13)16-7-5-14(25-16)6-8-17(22)21-9-10-24-15(11-21)18(20)23/h1-8,15H,9-11H2,(H2,20,23). The Hall–Kier alpha value is -1.96. The average Bonchev–Trinajstić information content (AvgIpc) is 3.09. The van der Waals surface area contributed by atoms with Crippen molar-refractivity contribution in [3.8, 4) is 10.4 Å². The van der Waals surface area contributed by atoms with Crippen molar-refractivity contribution in [1.29, 1.82) is 0 Å². The lowest BCUT2D eigenvalue weighted by molar-refractivity contribution is -0.142. The maximum absolute atomic E-state index is 12.3. The zero-order valence-corrected chi connectivity index (χ0v) is 15.8. The second-order valence-electron chi connectivity index (χ2n) is 5.59. The molecule has 1 aromatic carbocycles. The summed E-state index contributed by atoms with van der Waals surface area (Å²) < 4.78 is 6.29. The molecule has 2 N–H and O–H groups in total. The van der Waals surface area contributed by atoms with Gasteiger partial charge < -0.3 is 15.4 Å². The van der Waals surface area contributed by atoms with Gasteiger partial charge in [0.15, 0.2) is 6.10 Å². The molecule has 2 heterocycles. The van der Waals surface area contributed by atoms with Crippen molar-refractivity contribution in [2.45, 2.75) is 6.10 Å². The Kier molecular flexibility index (Phi) is 5.67. The summed E-state index contributed by atoms with van der Waals surface area (Å²) >= 11 is 5.04. The SMILES string of the molecule is NC(=O)C1CN(C(=O)C=Cc2ccc(-c3ccc(Br)cc3)s2)CCO1. The Bertz CT molecular complexity index is 801. The van der Waals surface area contributed by atoms with Gasteiger partial charge in [0.2, 0.25) is 11.8 Å². The highest BCUT2D eigenvalue weighted by Gasteiger charge is 2.26. The number of carbonyl (C=O) groups excluding carboxylic acids is 2. The minimum Gasteiger partial charge on any atom is -0.367 e. The van der Waals surface area contributed by atoms with Crippen molar-refractivity contribution in [3.63, 3.8) is 0 Å². The summed E-state index contributed by atoms with van der Waals surface area (Å²) in [5.41, 5.74) is 6.38. The van der Waals surface area contributed by atoms with Crippen LogP contribution < -0.4 is 5.73 Å². The van der Waals surface area contributed by atoms with Gasteiger partial charge in [0.05, 0.1) is 13.2 Å². The first-order valence-electron chi connectivity index (χ1n) is 7.76. The molecule has 1 aliphatic rings. The van der Waals surface area contributed by atoms with Crippen LogP contribution in [0.5, 0.6) is 0 Å². The minimum absolute atomic E-state index is 0.145. The molecule has 25 heavy (non-hydrogen) atoms. The maximum Gasteiger partial charge on any atom is 0.248 e. The molecule has 1 atom stereocenters. The molecule has 2 amide bonds. The molecule has 0 bridgehead atoms. The molecule has 1 aliphatic heterocycles. The Balaban J connectivity index is 1.65. The van der Waals surface area contributed by atoms with Gasteiger partial charge in [-0.05, 0) is 35.9 Å². The van der Waals surface area contributed by atoms with Crippen LogP contribution in [0.2, 0.25) is 0 Å². The van der Waals surface area contributed by atoms with E-state index in [1.165, 1.54) is 6.08 Å². The molecule has 2 aromatic rings. The number of amides is 2. The number of nitrogens with two attached hydrogens (primary N) is 1. The Labute approximate surface area is 158 Å². The van der Waals surface area contributed by atoms with Crippen molar-refractivity contribution in [3.05, 3.63) is 51.8 Å². The van der Waals surface area contributed by atoms with Crippen LogP contribution >= 0.6 is 27.3 Å². The van der Waals surface area contributed by atoms with Crippen LogP contribution in [0.3, 0.4) is 0 Å². The van der Waals surface area contributed by atoms with Gasteiger partial charge in [0, 0.05) is 26.8 Å². The number of morpholine rings is 1. The van der Waals surface area contributed by atoms with E-state index < -0.39 is 12.0 Å². The molecule has 0 aliphatic carbocycles. The second-order valence-corrected chi connectivity index (χ2v) is 7.62. The van der Waals surface area contributed by atoms with Crippen molar-refractivity contribution in [2.75, 3.05) is 19.7 Å². The second kappa shape index (κ2) is 7.95. The summed E-state index contributed by atoms with van der Waals surface area (Å²) in [6.07, 6.45) is 2.60. The van der Waals surface area contributed by atoms with E-state index in [-0.39, 0.29) is 12.5 Å². The molecular formula is C18H17BrN2O3S. The van der Waals surface area contributed by atoms with E-state index >= 15 is 0 Å². The summed E-state index contributed by atoms with van der Waals surface area (Å²) in [5, 5.41) is 0. The fourth-order valence-corrected chi connectivity index (χ4v) is 3.67. The Morgan fingerprint density at radius 1 is 1.24 bits per heavy atom. The molecule has 0 saturated carbocycles. The number of thiophene rings is 1. The van der Waals surface area contributed by atoms with Gasteiger partial charge in [0.25, 0.3) is 0 Å². The fraction of sp³-hybridized carbons (Fsp3) is 0.222. The van der Waals surface area contributed by atoms with Crippen LogP contribution in [0.4, 0.5) is 0 Å². The summed E-state index contributed by atoms with van der Waals surface area (Å²) in [6.45, 7) is 0.981. The Morgan fingerprint density at radius 2 is 2.00 bits per heavy atom. The highest BCUT2D eigenvalue weighted by molar-refractivity contribution is 9.10. The predicted octanol–water partition coefficient (Wildman–Crippen LogP) is 2.90. The van der Waals surface area contributed by atoms with E-state index in [1.807, 2.05) is 36.4 Å². The van der Waals surface area contributed by atoms with E-state index in [4.69, 9.17) is 10.5 Å². The van der Waals surface area contributed by atoms with Gasteiger partial charge in [-0.1, -0.05) is 28.1 Å². The number of carbonyl (C=O) groups is 2. The lowest BCUT2D eigenvalue weighted by Gasteiger charge is -2.30. The van der Waals surface area contributed by atoms with Crippen LogP contribution in [0.15, 0.2) is 46.9 Å². The largest absolute Gasteiger partial charge is 0.367 e. The van der Waals surface area contributed by atoms with E-state index in [2.05, 4.69) is 15.9 Å². The van der Waals surface area contributed by atoms with E-state index in [0.29, 0.717) is 13.2 Å². The number of hydrogen-bond donors (Lipinski definition) is 1. The lowest BCUT2D eigenvalue weighted by Crippen LogP contribution is -2.50. The summed E-state index contributed by atoms with van der Waals surface area (Å²) in [4.78, 5) is 27.2. The van der Waals surface area contributed by atoms with Crippen LogP contribution in [-0.4, -0.2) is 42.5 Å². The van der Waals surface area contributed by atoms with Crippen molar-refractivity contribution in [1.82, 2.24) is 4.90 Å². The summed E-state index contributed by atoms with van der Waals surface area (Å²) in [6, 6.07) is 12.1. The number of benzene rings is 1. The molecule has 1 fully saturated rings. The van der Waals surface area contributed by atoms with Crippen LogP contribution in [0.1, 0.15) is 4.88 Å². The normalized spacial score (nSPS) is 17.8. The first-order chi connectivity index (χ1) is 12.0. The third kappa shape index (κ3) is 4.56. The number of rotatable bonds is 4. The molecule has 7 heteroatoms. The number of nitrogens with zero attached hydrogens (tertiary/aromatic N) is 1. The summed E-state index contributed by atoms with van der Waals surface area (Å²) in [7, 11) is 0. The summed E-state index contributed by atoms with van der Waals surface area (Å²) in [5.74, 6) is -0.688. The zero-order chi connectivity index (χ0) is 17.8. The number of halogens is 1. The number of ether oxygens (including phenoxy) is 1. The van der Waals surface area contributed by atoms with Crippen molar-refractivity contribution < 1.29 is 14.3 Å². The highest BCUT2D eigenvalue weighted by atomic mass is 79.9. The van der Waals surface area contributed by atoms with Crippen LogP contribution in [0, 0.1) is 0 Å². The smallest absolute Gasteiger partial charge is 0.248 e. The molecule has 130 valence electrons. The predicted molar refractivity (Wildman–Crippen MR) is 102 cm³/mol. The molecule has 3 rings (SSSR count). The quantitative estimate of drug-likeness (QED) is 0.772. The zero-order valence-electron chi connectivity index (χ0n) is 13.4. The third-order valence-corrected chi connectivity index (χ3v) is 5.47. The molecule has 1 unspecified atom stereocenters. The van der Waals surface area contributed by atoms with E-state index in [9.17, 15) is 9.59 Å². The van der Waals surface area contributed by atoms with Crippen LogP contribution in [0.25, 0.3) is 16.5 Å². The van der Waals surface area contributed by atoms with Gasteiger partial charge in [0.1, 0.15) is 0 Å². The fourth-order valence-electron chi connectivity index (χ4n) is 2.49. The van der Waals surface area contributed by atoms with E-state index in [1.54, 1.807) is 22.3 Å². The minimum atomic E-state index is -0.725. The van der Waals surface area contributed by atoms with Gasteiger partial charge in [-0.3, -0.25) is 9.59 Å². The molecule has 1 saturated heterocycles. The van der Waals surface area contributed by atoms with Crippen molar-refractivity contribution >= 4 is 45.2 Å². The monoisotopic (exact) mass is 420 g/mol. The van der Waals surface area contributed by atoms with Gasteiger partial charge >= 0.3 is 0 Å². The number of primary amides is 1. The molecular weight excluding hydrogens is 404 g/mol. The first-order valence-corrected chi connectivity index (χ1v) is 9.37. The van der Waals surface area contributed by atoms with Crippen molar-refractivity contribution in [2.24, 2.45) is 5.73 Å². The van der Waals surface area contributed by atoms with E-state index in [0.717, 1.165) is 19.8 Å². The first kappa shape index (κ1) is 17.8. The molecule has 1 aromatic heterocycles. The lowest BCUT2D eigenvalue weighted by atomic mass is 10.2. The van der Waals surface area contributed by atoms with Gasteiger partial charge in [-0.2, -0.15) is 0 Å². The highest BCUT2D eigenvalue weighted by Crippen LogP contribution is 2.29. The topological polar surface area (TPSA) is 72.6 Å². The third-order valence-electron chi connectivity index (χ3n) is 3.84. The maximum atomic E-state index is 12.3. The number of hydrogen-bond acceptors (Lipinski definition) is 4. The Morgan fingerprint density at radius 3 is 2.72 bits per heavy atom. The van der Waals surface area contributed by atoms with Crippen LogP contribution in [-0.2, 0) is 14.3 Å². The van der Waals surface area contributed by atoms with Gasteiger partial charge in [-0.15, -0.1) is 11.3 Å². The molecule has 5 nitrogen and oxygen atoms in total. The molecule has 0 radical (unpaired) electrons.